The van der Waals surface area contributed by atoms with Crippen molar-refractivity contribution in [3.05, 3.63) is 46.7 Å². The van der Waals surface area contributed by atoms with Crippen LogP contribution in [-0.4, -0.2) is 56.3 Å². The Labute approximate surface area is 183 Å². The zero-order chi connectivity index (χ0) is 22.4. The van der Waals surface area contributed by atoms with E-state index in [1.54, 1.807) is 0 Å². The fourth-order valence-electron chi connectivity index (χ4n) is 3.51. The first kappa shape index (κ1) is 23.5. The minimum atomic E-state index is -5.08. The van der Waals surface area contributed by atoms with E-state index < -0.39 is 12.1 Å². The van der Waals surface area contributed by atoms with Crippen molar-refractivity contribution in [2.24, 2.45) is 0 Å². The van der Waals surface area contributed by atoms with Crippen LogP contribution >= 0.6 is 11.6 Å². The number of piperidine rings is 1. The molecule has 2 fully saturated rings. The topological polar surface area (TPSA) is 83.3 Å². The molecule has 1 aliphatic heterocycles. The second-order valence-corrected chi connectivity index (χ2v) is 8.17. The lowest BCUT2D eigenvalue weighted by atomic mass is 10.1. The first-order valence-electron chi connectivity index (χ1n) is 10.1. The molecule has 0 amide bonds. The molecular weight excluding hydrogens is 435 g/mol. The molecule has 1 aliphatic carbocycles. The van der Waals surface area contributed by atoms with Gasteiger partial charge in [0.05, 0.1) is 17.9 Å². The lowest BCUT2D eigenvalue weighted by molar-refractivity contribution is -0.192. The van der Waals surface area contributed by atoms with Crippen molar-refractivity contribution in [3.8, 4) is 0 Å². The summed E-state index contributed by atoms with van der Waals surface area (Å²) >= 11 is 6.01. The Kier molecular flexibility index (Phi) is 7.90. The average molecular weight is 460 g/mol. The predicted molar refractivity (Wildman–Crippen MR) is 109 cm³/mol. The van der Waals surface area contributed by atoms with Gasteiger partial charge in [-0.1, -0.05) is 28.9 Å². The molecule has 11 heteroatoms. The van der Waals surface area contributed by atoms with E-state index in [4.69, 9.17) is 21.5 Å². The van der Waals surface area contributed by atoms with Gasteiger partial charge >= 0.3 is 12.1 Å². The standard InChI is InChI=1S/C18H24ClN5.C2HF3O2/c19-15-5-3-14(4-6-15)12-23(16-7-8-16)13-18-11-21-22-24(18)17-2-1-9-20-10-17;3-2(4,5)1(6)7/h3-6,11,16-17,20H,1-2,7-10,12-13H2;(H,6,7). The van der Waals surface area contributed by atoms with Gasteiger partial charge < -0.3 is 10.4 Å². The van der Waals surface area contributed by atoms with Crippen LogP contribution in [0.3, 0.4) is 0 Å². The summed E-state index contributed by atoms with van der Waals surface area (Å²) in [6, 6.07) is 9.32. The van der Waals surface area contributed by atoms with Crippen LogP contribution in [0.4, 0.5) is 13.2 Å². The van der Waals surface area contributed by atoms with Crippen LogP contribution in [0.2, 0.25) is 5.02 Å². The number of carbonyl (C=O) groups is 1. The number of hydrogen-bond acceptors (Lipinski definition) is 5. The van der Waals surface area contributed by atoms with Crippen LogP contribution in [0, 0.1) is 0 Å². The van der Waals surface area contributed by atoms with Crippen molar-refractivity contribution in [1.29, 1.82) is 0 Å². The van der Waals surface area contributed by atoms with Crippen LogP contribution in [0.15, 0.2) is 30.5 Å². The van der Waals surface area contributed by atoms with Crippen LogP contribution in [0.5, 0.6) is 0 Å². The normalized spacial score (nSPS) is 19.1. The summed E-state index contributed by atoms with van der Waals surface area (Å²) in [5, 5.41) is 20.0. The fraction of sp³-hybridized carbons (Fsp3) is 0.550. The highest BCUT2D eigenvalue weighted by Gasteiger charge is 2.38. The third kappa shape index (κ3) is 7.19. The van der Waals surface area contributed by atoms with E-state index in [1.165, 1.54) is 36.9 Å². The zero-order valence-electron chi connectivity index (χ0n) is 16.9. The highest BCUT2D eigenvalue weighted by atomic mass is 35.5. The number of alkyl halides is 3. The SMILES string of the molecule is Clc1ccc(CN(Cc2cnnn2C2CCCNC2)C2CC2)cc1.O=C(O)C(F)(F)F. The minimum absolute atomic E-state index is 0.438. The molecule has 1 saturated heterocycles. The Balaban J connectivity index is 0.000000339. The first-order chi connectivity index (χ1) is 14.7. The monoisotopic (exact) mass is 459 g/mol. The third-order valence-electron chi connectivity index (χ3n) is 5.24. The number of benzene rings is 1. The molecule has 1 aromatic carbocycles. The van der Waals surface area contributed by atoms with E-state index in [0.29, 0.717) is 12.1 Å². The lowest BCUT2D eigenvalue weighted by Crippen LogP contribution is -2.34. The molecule has 0 bridgehead atoms. The second kappa shape index (κ2) is 10.4. The highest BCUT2D eigenvalue weighted by molar-refractivity contribution is 6.30. The predicted octanol–water partition coefficient (Wildman–Crippen LogP) is 3.65. The minimum Gasteiger partial charge on any atom is -0.475 e. The van der Waals surface area contributed by atoms with Crippen molar-refractivity contribution in [3.63, 3.8) is 0 Å². The molecule has 1 saturated carbocycles. The molecule has 0 spiro atoms. The maximum absolute atomic E-state index is 10.6. The average Bonchev–Trinajstić information content (AvgIpc) is 3.48. The summed E-state index contributed by atoms with van der Waals surface area (Å²) in [7, 11) is 0. The molecule has 2 aromatic rings. The Morgan fingerprint density at radius 2 is 1.90 bits per heavy atom. The summed E-state index contributed by atoms with van der Waals surface area (Å²) in [5.74, 6) is -2.76. The van der Waals surface area contributed by atoms with Gasteiger partial charge in [0.2, 0.25) is 0 Å². The first-order valence-corrected chi connectivity index (χ1v) is 10.5. The van der Waals surface area contributed by atoms with E-state index in [-0.39, 0.29) is 0 Å². The quantitative estimate of drug-likeness (QED) is 0.686. The summed E-state index contributed by atoms with van der Waals surface area (Å²) in [6.07, 6.45) is 1.83. The van der Waals surface area contributed by atoms with Gasteiger partial charge in [0.1, 0.15) is 0 Å². The van der Waals surface area contributed by atoms with E-state index in [2.05, 4.69) is 37.3 Å². The summed E-state index contributed by atoms with van der Waals surface area (Å²) in [4.78, 5) is 11.4. The van der Waals surface area contributed by atoms with Crippen molar-refractivity contribution in [2.75, 3.05) is 13.1 Å². The van der Waals surface area contributed by atoms with Crippen molar-refractivity contribution in [1.82, 2.24) is 25.2 Å². The van der Waals surface area contributed by atoms with Gasteiger partial charge in [-0.15, -0.1) is 5.10 Å². The number of halogens is 4. The van der Waals surface area contributed by atoms with Gasteiger partial charge in [0, 0.05) is 30.7 Å². The number of rotatable bonds is 6. The van der Waals surface area contributed by atoms with Crippen LogP contribution < -0.4 is 5.32 Å². The Morgan fingerprint density at radius 1 is 1.23 bits per heavy atom. The van der Waals surface area contributed by atoms with Gasteiger partial charge in [-0.25, -0.2) is 9.48 Å². The molecule has 0 radical (unpaired) electrons. The molecule has 4 rings (SSSR count). The Bertz CT molecular complexity index is 849. The second-order valence-electron chi connectivity index (χ2n) is 7.74. The van der Waals surface area contributed by atoms with E-state index in [9.17, 15) is 13.2 Å². The molecular formula is C20H25ClF3N5O2. The summed E-state index contributed by atoms with van der Waals surface area (Å²) < 4.78 is 33.9. The van der Waals surface area contributed by atoms with Crippen molar-refractivity contribution >= 4 is 17.6 Å². The molecule has 1 atom stereocenters. The van der Waals surface area contributed by atoms with Crippen molar-refractivity contribution in [2.45, 2.75) is 57.0 Å². The van der Waals surface area contributed by atoms with Crippen LogP contribution in [-0.2, 0) is 17.9 Å². The number of carboxylic acids is 1. The third-order valence-corrected chi connectivity index (χ3v) is 5.49. The number of aliphatic carboxylic acids is 1. The van der Waals surface area contributed by atoms with E-state index in [1.807, 2.05) is 18.3 Å². The molecule has 2 aliphatic rings. The molecule has 1 aromatic heterocycles. The smallest absolute Gasteiger partial charge is 0.475 e. The van der Waals surface area contributed by atoms with Crippen LogP contribution in [0.25, 0.3) is 0 Å². The number of nitrogens with one attached hydrogen (secondary N) is 1. The molecule has 7 nitrogen and oxygen atoms in total. The molecule has 170 valence electrons. The Morgan fingerprint density at radius 3 is 2.45 bits per heavy atom. The zero-order valence-corrected chi connectivity index (χ0v) is 17.6. The van der Waals surface area contributed by atoms with Gasteiger partial charge in [-0.05, 0) is 49.9 Å². The summed E-state index contributed by atoms with van der Waals surface area (Å²) in [6.45, 7) is 3.98. The van der Waals surface area contributed by atoms with Gasteiger partial charge in [0.25, 0.3) is 0 Å². The lowest BCUT2D eigenvalue weighted by Gasteiger charge is -2.27. The molecule has 2 heterocycles. The maximum Gasteiger partial charge on any atom is 0.490 e. The maximum atomic E-state index is 10.6. The number of aromatic nitrogens is 3. The number of carboxylic acid groups (broad SMARTS) is 1. The van der Waals surface area contributed by atoms with E-state index >= 15 is 0 Å². The summed E-state index contributed by atoms with van der Waals surface area (Å²) in [5.41, 5.74) is 2.54. The van der Waals surface area contributed by atoms with Gasteiger partial charge in [-0.3, -0.25) is 4.90 Å². The highest BCUT2D eigenvalue weighted by Crippen LogP contribution is 2.30. The molecule has 31 heavy (non-hydrogen) atoms. The largest absolute Gasteiger partial charge is 0.490 e. The van der Waals surface area contributed by atoms with Gasteiger partial charge in [0.15, 0.2) is 0 Å². The Hall–Kier alpha value is -2.17. The van der Waals surface area contributed by atoms with Crippen LogP contribution in [0.1, 0.15) is 43.0 Å². The number of nitrogens with zero attached hydrogens (tertiary/aromatic N) is 4. The van der Waals surface area contributed by atoms with Gasteiger partial charge in [-0.2, -0.15) is 13.2 Å². The fourth-order valence-corrected chi connectivity index (χ4v) is 3.64. The van der Waals surface area contributed by atoms with E-state index in [0.717, 1.165) is 31.2 Å². The number of hydrogen-bond donors (Lipinski definition) is 2. The van der Waals surface area contributed by atoms with Crippen molar-refractivity contribution < 1.29 is 23.1 Å². The molecule has 2 N–H and O–H groups in total. The molecule has 1 unspecified atom stereocenters.